The quantitative estimate of drug-likeness (QED) is 0.869. The van der Waals surface area contributed by atoms with E-state index in [9.17, 15) is 9.90 Å². The van der Waals surface area contributed by atoms with Crippen LogP contribution in [0.15, 0.2) is 0 Å². The molecule has 1 atom stereocenters. The molecule has 2 aliphatic rings. The molecule has 1 saturated carbocycles. The Morgan fingerprint density at radius 1 is 1.47 bits per heavy atom. The first-order chi connectivity index (χ1) is 9.15. The Hall–Kier alpha value is -1.36. The predicted molar refractivity (Wildman–Crippen MR) is 71.2 cm³/mol. The lowest BCUT2D eigenvalue weighted by atomic mass is 9.93. The van der Waals surface area contributed by atoms with Crippen LogP contribution in [0, 0.1) is 5.92 Å². The molecule has 1 aliphatic carbocycles. The largest absolute Gasteiger partial charge is 0.476 e. The number of rotatable bonds is 4. The van der Waals surface area contributed by atoms with Crippen molar-refractivity contribution < 1.29 is 9.90 Å². The van der Waals surface area contributed by atoms with Crippen LogP contribution in [0.1, 0.15) is 54.6 Å². The van der Waals surface area contributed by atoms with Crippen LogP contribution in [0.2, 0.25) is 0 Å². The summed E-state index contributed by atoms with van der Waals surface area (Å²) in [5.41, 5.74) is 1.17. The van der Waals surface area contributed by atoms with Crippen molar-refractivity contribution >= 4 is 5.97 Å². The van der Waals surface area contributed by atoms with E-state index in [1.807, 2.05) is 0 Å². The molecule has 0 saturated heterocycles. The molecule has 2 heterocycles. The molecule has 1 aromatic rings. The smallest absolute Gasteiger partial charge is 0.356 e. The van der Waals surface area contributed by atoms with E-state index in [2.05, 4.69) is 21.8 Å². The van der Waals surface area contributed by atoms with Gasteiger partial charge in [0.2, 0.25) is 0 Å². The van der Waals surface area contributed by atoms with Crippen LogP contribution < -0.4 is 5.32 Å². The second kappa shape index (κ2) is 4.96. The van der Waals surface area contributed by atoms with E-state index in [1.54, 1.807) is 0 Å². The third kappa shape index (κ3) is 2.39. The van der Waals surface area contributed by atoms with Gasteiger partial charge in [0.05, 0.1) is 12.2 Å². The molecular formula is C14H21N3O2. The monoisotopic (exact) mass is 263 g/mol. The van der Waals surface area contributed by atoms with Gasteiger partial charge < -0.3 is 15.0 Å². The first-order valence-electron chi connectivity index (χ1n) is 7.20. The standard InChI is InChI=1S/C14H21N3O2/c1-9-5-6-17-11(7-9)13(14(18)19)16-12(17)8-15-10-3-2-4-10/h9-10,15H,2-8H2,1H3,(H,18,19). The summed E-state index contributed by atoms with van der Waals surface area (Å²) in [6.07, 6.45) is 5.71. The molecule has 1 fully saturated rings. The van der Waals surface area contributed by atoms with Crippen molar-refractivity contribution in [3.8, 4) is 0 Å². The highest BCUT2D eigenvalue weighted by Crippen LogP contribution is 2.25. The Morgan fingerprint density at radius 2 is 2.26 bits per heavy atom. The Morgan fingerprint density at radius 3 is 2.89 bits per heavy atom. The van der Waals surface area contributed by atoms with Crippen LogP contribution in [0.25, 0.3) is 0 Å². The van der Waals surface area contributed by atoms with E-state index in [4.69, 9.17) is 0 Å². The first kappa shape index (κ1) is 12.7. The van der Waals surface area contributed by atoms with Crippen LogP contribution in [0.5, 0.6) is 0 Å². The molecule has 2 N–H and O–H groups in total. The number of carboxylic acids is 1. The van der Waals surface area contributed by atoms with E-state index >= 15 is 0 Å². The van der Waals surface area contributed by atoms with Crippen molar-refractivity contribution in [3.05, 3.63) is 17.2 Å². The third-order valence-corrected chi connectivity index (χ3v) is 4.40. The Bertz CT molecular complexity index is 491. The van der Waals surface area contributed by atoms with E-state index < -0.39 is 5.97 Å². The maximum atomic E-state index is 11.3. The number of nitrogens with one attached hydrogen (secondary N) is 1. The average molecular weight is 263 g/mol. The Labute approximate surface area is 113 Å². The van der Waals surface area contributed by atoms with Crippen molar-refractivity contribution in [1.82, 2.24) is 14.9 Å². The van der Waals surface area contributed by atoms with Gasteiger partial charge in [-0.3, -0.25) is 0 Å². The number of aromatic nitrogens is 2. The van der Waals surface area contributed by atoms with Gasteiger partial charge >= 0.3 is 5.97 Å². The Balaban J connectivity index is 1.82. The number of nitrogens with zero attached hydrogens (tertiary/aromatic N) is 2. The fourth-order valence-electron chi connectivity index (χ4n) is 2.94. The highest BCUT2D eigenvalue weighted by atomic mass is 16.4. The molecule has 0 radical (unpaired) electrons. The van der Waals surface area contributed by atoms with Gasteiger partial charge in [-0.05, 0) is 31.6 Å². The van der Waals surface area contributed by atoms with Gasteiger partial charge in [-0.25, -0.2) is 9.78 Å². The van der Waals surface area contributed by atoms with Crippen LogP contribution in [-0.2, 0) is 19.5 Å². The highest BCUT2D eigenvalue weighted by Gasteiger charge is 2.27. The highest BCUT2D eigenvalue weighted by molar-refractivity contribution is 5.87. The van der Waals surface area contributed by atoms with Crippen molar-refractivity contribution in [2.24, 2.45) is 5.92 Å². The number of carbonyl (C=O) groups is 1. The zero-order valence-corrected chi connectivity index (χ0v) is 11.4. The summed E-state index contributed by atoms with van der Waals surface area (Å²) < 4.78 is 2.12. The van der Waals surface area contributed by atoms with Crippen molar-refractivity contribution in [2.45, 2.75) is 58.2 Å². The number of fused-ring (bicyclic) bond motifs is 1. The number of carboxylic acid groups (broad SMARTS) is 1. The normalized spacial score (nSPS) is 22.9. The second-order valence-corrected chi connectivity index (χ2v) is 5.89. The molecule has 1 aromatic heterocycles. The fraction of sp³-hybridized carbons (Fsp3) is 0.714. The fourth-order valence-corrected chi connectivity index (χ4v) is 2.94. The van der Waals surface area contributed by atoms with Gasteiger partial charge in [0.25, 0.3) is 0 Å². The maximum Gasteiger partial charge on any atom is 0.356 e. The van der Waals surface area contributed by atoms with Gasteiger partial charge in [-0.2, -0.15) is 0 Å². The molecule has 104 valence electrons. The summed E-state index contributed by atoms with van der Waals surface area (Å²) in [4.78, 5) is 15.7. The zero-order chi connectivity index (χ0) is 13.4. The van der Waals surface area contributed by atoms with Gasteiger partial charge in [0.15, 0.2) is 5.69 Å². The predicted octanol–water partition coefficient (Wildman–Crippen LogP) is 1.81. The summed E-state index contributed by atoms with van der Waals surface area (Å²) in [6, 6.07) is 0.601. The minimum Gasteiger partial charge on any atom is -0.476 e. The number of aromatic carboxylic acids is 1. The lowest BCUT2D eigenvalue weighted by Gasteiger charge is -2.27. The van der Waals surface area contributed by atoms with Crippen molar-refractivity contribution in [2.75, 3.05) is 0 Å². The first-order valence-corrected chi connectivity index (χ1v) is 7.20. The number of imidazole rings is 1. The van der Waals surface area contributed by atoms with Gasteiger partial charge in [-0.15, -0.1) is 0 Å². The molecule has 0 amide bonds. The number of hydrogen-bond donors (Lipinski definition) is 2. The van der Waals surface area contributed by atoms with E-state index in [0.717, 1.165) is 30.9 Å². The molecule has 0 bridgehead atoms. The second-order valence-electron chi connectivity index (χ2n) is 5.89. The van der Waals surface area contributed by atoms with Crippen LogP contribution >= 0.6 is 0 Å². The SMILES string of the molecule is CC1CCn2c(CNC3CCC3)nc(C(=O)O)c2C1. The summed E-state index contributed by atoms with van der Waals surface area (Å²) in [5, 5.41) is 12.8. The topological polar surface area (TPSA) is 67.2 Å². The van der Waals surface area contributed by atoms with E-state index in [-0.39, 0.29) is 5.69 Å². The van der Waals surface area contributed by atoms with Gasteiger partial charge in [0, 0.05) is 12.6 Å². The van der Waals surface area contributed by atoms with E-state index in [1.165, 1.54) is 19.3 Å². The van der Waals surface area contributed by atoms with Gasteiger partial charge in [0.1, 0.15) is 5.82 Å². The molecule has 1 aliphatic heterocycles. The van der Waals surface area contributed by atoms with Crippen molar-refractivity contribution in [1.29, 1.82) is 0 Å². The van der Waals surface area contributed by atoms with Crippen LogP contribution in [-0.4, -0.2) is 26.7 Å². The molecule has 5 nitrogen and oxygen atoms in total. The third-order valence-electron chi connectivity index (χ3n) is 4.40. The summed E-state index contributed by atoms with van der Waals surface area (Å²) in [5.74, 6) is 0.550. The molecule has 3 rings (SSSR count). The molecule has 5 heteroatoms. The lowest BCUT2D eigenvalue weighted by Crippen LogP contribution is -2.35. The summed E-state index contributed by atoms with van der Waals surface area (Å²) in [7, 11) is 0. The maximum absolute atomic E-state index is 11.3. The molecular weight excluding hydrogens is 242 g/mol. The lowest BCUT2D eigenvalue weighted by molar-refractivity contribution is 0.0689. The summed E-state index contributed by atoms with van der Waals surface area (Å²) >= 11 is 0. The van der Waals surface area contributed by atoms with Crippen LogP contribution in [0.4, 0.5) is 0 Å². The molecule has 0 aromatic carbocycles. The minimum atomic E-state index is -0.896. The molecule has 0 spiro atoms. The molecule has 1 unspecified atom stereocenters. The van der Waals surface area contributed by atoms with Gasteiger partial charge in [-0.1, -0.05) is 13.3 Å². The average Bonchev–Trinajstić information content (AvgIpc) is 2.65. The minimum absolute atomic E-state index is 0.261. The van der Waals surface area contributed by atoms with Crippen LogP contribution in [0.3, 0.4) is 0 Å². The Kier molecular flexibility index (Phi) is 3.31. The summed E-state index contributed by atoms with van der Waals surface area (Å²) in [6.45, 7) is 3.77. The van der Waals surface area contributed by atoms with E-state index in [0.29, 0.717) is 18.5 Å². The number of hydrogen-bond acceptors (Lipinski definition) is 3. The molecule has 19 heavy (non-hydrogen) atoms. The van der Waals surface area contributed by atoms with Crippen molar-refractivity contribution in [3.63, 3.8) is 0 Å². The zero-order valence-electron chi connectivity index (χ0n) is 11.4.